The van der Waals surface area contributed by atoms with Crippen molar-refractivity contribution < 1.29 is 9.32 Å². The van der Waals surface area contributed by atoms with Gasteiger partial charge in [-0.15, -0.1) is 0 Å². The van der Waals surface area contributed by atoms with Crippen molar-refractivity contribution in [3.05, 3.63) is 52.4 Å². The van der Waals surface area contributed by atoms with Crippen molar-refractivity contribution in [3.63, 3.8) is 0 Å². The Balaban J connectivity index is 1.97. The molecular formula is C22H33N5O2. The summed E-state index contributed by atoms with van der Waals surface area (Å²) in [5.41, 5.74) is 3.45. The third kappa shape index (κ3) is 6.62. The Labute approximate surface area is 173 Å². The molecule has 0 spiro atoms. The summed E-state index contributed by atoms with van der Waals surface area (Å²) in [4.78, 5) is 16.7. The van der Waals surface area contributed by atoms with E-state index in [-0.39, 0.29) is 11.4 Å². The standard InChI is InChI=1S/C22H33N5O2/c1-7-18-17(19(8-2)29-27-18)14-25-21(23-6)24-13-15-10-9-11-16(12-15)20(28)26-22(3,4)5/h9-12H,7-8,13-14H2,1-6H3,(H,26,28)(H2,23,24,25). The molecule has 1 amide bonds. The van der Waals surface area contributed by atoms with Crippen LogP contribution in [-0.4, -0.2) is 29.6 Å². The summed E-state index contributed by atoms with van der Waals surface area (Å²) < 4.78 is 5.41. The van der Waals surface area contributed by atoms with Crippen molar-refractivity contribution >= 4 is 11.9 Å². The number of guanidine groups is 1. The van der Waals surface area contributed by atoms with E-state index in [9.17, 15) is 4.79 Å². The molecule has 0 fully saturated rings. The van der Waals surface area contributed by atoms with Crippen LogP contribution in [0, 0.1) is 0 Å². The van der Waals surface area contributed by atoms with Gasteiger partial charge < -0.3 is 20.5 Å². The highest BCUT2D eigenvalue weighted by molar-refractivity contribution is 5.94. The maximum absolute atomic E-state index is 12.4. The lowest BCUT2D eigenvalue weighted by molar-refractivity contribution is 0.0919. The van der Waals surface area contributed by atoms with E-state index in [1.165, 1.54) is 0 Å². The molecule has 1 aromatic heterocycles. The molecule has 2 rings (SSSR count). The first-order valence-corrected chi connectivity index (χ1v) is 10.1. The van der Waals surface area contributed by atoms with E-state index in [0.29, 0.717) is 24.6 Å². The fourth-order valence-electron chi connectivity index (χ4n) is 2.95. The summed E-state index contributed by atoms with van der Waals surface area (Å²) in [5, 5.41) is 13.7. The number of aromatic nitrogens is 1. The van der Waals surface area contributed by atoms with Gasteiger partial charge in [-0.25, -0.2) is 0 Å². The van der Waals surface area contributed by atoms with Crippen molar-refractivity contribution in [3.8, 4) is 0 Å². The molecule has 1 heterocycles. The third-order valence-electron chi connectivity index (χ3n) is 4.40. The van der Waals surface area contributed by atoms with Gasteiger partial charge in [0.05, 0.1) is 5.69 Å². The highest BCUT2D eigenvalue weighted by Gasteiger charge is 2.16. The Morgan fingerprint density at radius 1 is 1.14 bits per heavy atom. The smallest absolute Gasteiger partial charge is 0.251 e. The fourth-order valence-corrected chi connectivity index (χ4v) is 2.95. The Bertz CT molecular complexity index is 828. The predicted molar refractivity (Wildman–Crippen MR) is 116 cm³/mol. The van der Waals surface area contributed by atoms with E-state index >= 15 is 0 Å². The molecule has 0 atom stereocenters. The zero-order chi connectivity index (χ0) is 21.4. The number of benzene rings is 1. The number of rotatable bonds is 7. The molecule has 7 heteroatoms. The van der Waals surface area contributed by atoms with E-state index < -0.39 is 0 Å². The van der Waals surface area contributed by atoms with Gasteiger partial charge in [-0.2, -0.15) is 0 Å². The molecule has 0 saturated heterocycles. The summed E-state index contributed by atoms with van der Waals surface area (Å²) in [7, 11) is 1.73. The zero-order valence-electron chi connectivity index (χ0n) is 18.3. The van der Waals surface area contributed by atoms with Gasteiger partial charge in [-0.1, -0.05) is 31.1 Å². The minimum Gasteiger partial charge on any atom is -0.361 e. The zero-order valence-corrected chi connectivity index (χ0v) is 18.3. The van der Waals surface area contributed by atoms with Crippen LogP contribution in [-0.2, 0) is 25.9 Å². The van der Waals surface area contributed by atoms with Crippen molar-refractivity contribution in [1.82, 2.24) is 21.1 Å². The van der Waals surface area contributed by atoms with Crippen molar-refractivity contribution in [2.24, 2.45) is 4.99 Å². The number of carbonyl (C=O) groups excluding carboxylic acids is 1. The number of amides is 1. The lowest BCUT2D eigenvalue weighted by atomic mass is 10.1. The van der Waals surface area contributed by atoms with Gasteiger partial charge in [-0.05, 0) is 44.9 Å². The third-order valence-corrected chi connectivity index (χ3v) is 4.40. The molecule has 0 saturated carbocycles. The second-order valence-electron chi connectivity index (χ2n) is 7.92. The molecule has 0 aliphatic heterocycles. The molecule has 3 N–H and O–H groups in total. The van der Waals surface area contributed by atoms with Gasteiger partial charge in [-0.3, -0.25) is 9.79 Å². The number of aryl methyl sites for hydroxylation is 2. The molecule has 29 heavy (non-hydrogen) atoms. The second kappa shape index (κ2) is 10.1. The molecule has 0 aliphatic carbocycles. The molecule has 7 nitrogen and oxygen atoms in total. The maximum atomic E-state index is 12.4. The van der Waals surface area contributed by atoms with Crippen LogP contribution in [0.25, 0.3) is 0 Å². The van der Waals surface area contributed by atoms with Gasteiger partial charge in [0.25, 0.3) is 5.91 Å². The molecule has 0 aliphatic rings. The van der Waals surface area contributed by atoms with Gasteiger partial charge >= 0.3 is 0 Å². The van der Waals surface area contributed by atoms with Crippen LogP contribution in [0.4, 0.5) is 0 Å². The van der Waals surface area contributed by atoms with Crippen molar-refractivity contribution in [2.75, 3.05) is 7.05 Å². The molecular weight excluding hydrogens is 366 g/mol. The minimum atomic E-state index is -0.270. The Hall–Kier alpha value is -2.83. The maximum Gasteiger partial charge on any atom is 0.251 e. The summed E-state index contributed by atoms with van der Waals surface area (Å²) in [5.74, 6) is 1.51. The van der Waals surface area contributed by atoms with Gasteiger partial charge in [0, 0.05) is 43.2 Å². The van der Waals surface area contributed by atoms with E-state index in [4.69, 9.17) is 4.52 Å². The molecule has 0 unspecified atom stereocenters. The Kier molecular flexibility index (Phi) is 7.82. The van der Waals surface area contributed by atoms with E-state index in [2.05, 4.69) is 39.9 Å². The van der Waals surface area contributed by atoms with E-state index in [1.54, 1.807) is 7.05 Å². The van der Waals surface area contributed by atoms with Crippen LogP contribution in [0.2, 0.25) is 0 Å². The summed E-state index contributed by atoms with van der Waals surface area (Å²) in [6, 6.07) is 7.59. The summed E-state index contributed by atoms with van der Waals surface area (Å²) in [6.07, 6.45) is 1.63. The van der Waals surface area contributed by atoms with Crippen LogP contribution >= 0.6 is 0 Å². The normalized spacial score (nSPS) is 12.0. The quantitative estimate of drug-likeness (QED) is 0.491. The Morgan fingerprint density at radius 3 is 2.48 bits per heavy atom. The van der Waals surface area contributed by atoms with Gasteiger partial charge in [0.15, 0.2) is 5.96 Å². The SMILES string of the molecule is CCc1noc(CC)c1CNC(=NC)NCc1cccc(C(=O)NC(C)(C)C)c1. The van der Waals surface area contributed by atoms with Gasteiger partial charge in [0.1, 0.15) is 5.76 Å². The number of nitrogens with one attached hydrogen (secondary N) is 3. The monoisotopic (exact) mass is 399 g/mol. The first-order valence-electron chi connectivity index (χ1n) is 10.1. The van der Waals surface area contributed by atoms with Crippen LogP contribution in [0.3, 0.4) is 0 Å². The fraction of sp³-hybridized carbons (Fsp3) is 0.500. The predicted octanol–water partition coefficient (Wildman–Crippen LogP) is 3.19. The van der Waals surface area contributed by atoms with Crippen molar-refractivity contribution in [2.45, 2.75) is 66.1 Å². The molecule has 1 aromatic carbocycles. The first kappa shape index (κ1) is 22.5. The van der Waals surface area contributed by atoms with Crippen LogP contribution in [0.1, 0.15) is 67.6 Å². The van der Waals surface area contributed by atoms with E-state index in [0.717, 1.165) is 35.4 Å². The molecule has 0 radical (unpaired) electrons. The molecule has 158 valence electrons. The topological polar surface area (TPSA) is 91.6 Å². The lowest BCUT2D eigenvalue weighted by Gasteiger charge is -2.20. The van der Waals surface area contributed by atoms with Crippen LogP contribution in [0.15, 0.2) is 33.8 Å². The number of nitrogens with zero attached hydrogens (tertiary/aromatic N) is 2. The average Bonchev–Trinajstić information content (AvgIpc) is 3.09. The van der Waals surface area contributed by atoms with Crippen molar-refractivity contribution in [1.29, 1.82) is 0 Å². The minimum absolute atomic E-state index is 0.0755. The molecule has 2 aromatic rings. The Morgan fingerprint density at radius 2 is 1.86 bits per heavy atom. The largest absolute Gasteiger partial charge is 0.361 e. The second-order valence-corrected chi connectivity index (χ2v) is 7.92. The summed E-state index contributed by atoms with van der Waals surface area (Å²) >= 11 is 0. The number of hydrogen-bond acceptors (Lipinski definition) is 4. The summed E-state index contributed by atoms with van der Waals surface area (Å²) in [6.45, 7) is 11.2. The highest BCUT2D eigenvalue weighted by Crippen LogP contribution is 2.15. The molecule has 0 bridgehead atoms. The number of hydrogen-bond donors (Lipinski definition) is 3. The van der Waals surface area contributed by atoms with Gasteiger partial charge in [0.2, 0.25) is 0 Å². The van der Waals surface area contributed by atoms with Crippen LogP contribution < -0.4 is 16.0 Å². The van der Waals surface area contributed by atoms with Crippen LogP contribution in [0.5, 0.6) is 0 Å². The average molecular weight is 400 g/mol. The van der Waals surface area contributed by atoms with E-state index in [1.807, 2.05) is 45.0 Å². The highest BCUT2D eigenvalue weighted by atomic mass is 16.5. The lowest BCUT2D eigenvalue weighted by Crippen LogP contribution is -2.40. The first-order chi connectivity index (χ1) is 13.8. The number of carbonyl (C=O) groups is 1. The number of aliphatic imine (C=N–C) groups is 1.